The Labute approximate surface area is 57.2 Å². The van der Waals surface area contributed by atoms with E-state index in [1.807, 2.05) is 0 Å². The topological polar surface area (TPSA) is 68.1 Å². The van der Waals surface area contributed by atoms with Crippen LogP contribution in [0.15, 0.2) is 5.16 Å². The highest BCUT2D eigenvalue weighted by Crippen LogP contribution is 2.13. The number of rotatable bonds is 2. The Morgan fingerprint density at radius 3 is 2.70 bits per heavy atom. The van der Waals surface area contributed by atoms with Gasteiger partial charge in [0.25, 0.3) is 6.29 Å². The first-order valence-corrected chi connectivity index (χ1v) is 2.86. The molecule has 0 spiro atoms. The molecule has 0 aromatic carbocycles. The molecule has 56 valence electrons. The molecule has 0 aromatic heterocycles. The van der Waals surface area contributed by atoms with Gasteiger partial charge in [-0.2, -0.15) is 0 Å². The van der Waals surface area contributed by atoms with E-state index in [0.29, 0.717) is 12.1 Å². The Morgan fingerprint density at radius 2 is 2.40 bits per heavy atom. The van der Waals surface area contributed by atoms with Gasteiger partial charge in [-0.3, -0.25) is 0 Å². The monoisotopic (exact) mass is 145 g/mol. The van der Waals surface area contributed by atoms with Crippen molar-refractivity contribution in [3.8, 4) is 0 Å². The Bertz CT molecular complexity index is 168. The van der Waals surface area contributed by atoms with E-state index in [1.54, 1.807) is 6.92 Å². The van der Waals surface area contributed by atoms with Crippen molar-refractivity contribution in [2.75, 3.05) is 0 Å². The molecule has 1 aliphatic heterocycles. The average Bonchev–Trinajstić information content (AvgIpc) is 1.87. The van der Waals surface area contributed by atoms with Crippen LogP contribution in [0.25, 0.3) is 0 Å². The van der Waals surface area contributed by atoms with Crippen molar-refractivity contribution in [1.82, 2.24) is 0 Å². The molecule has 10 heavy (non-hydrogen) atoms. The van der Waals surface area contributed by atoms with E-state index in [9.17, 15) is 4.79 Å². The molecular formula is C5H7NO4. The molecule has 5 heteroatoms. The van der Waals surface area contributed by atoms with Crippen molar-refractivity contribution in [3.63, 3.8) is 0 Å². The predicted molar refractivity (Wildman–Crippen MR) is 30.9 cm³/mol. The molecule has 0 unspecified atom stereocenters. The number of ether oxygens (including phenoxy) is 2. The Kier molecular flexibility index (Phi) is 1.75. The van der Waals surface area contributed by atoms with Gasteiger partial charge in [0.15, 0.2) is 0 Å². The van der Waals surface area contributed by atoms with Gasteiger partial charge in [0.1, 0.15) is 5.71 Å². The van der Waals surface area contributed by atoms with Gasteiger partial charge in [0.2, 0.25) is 0 Å². The minimum Gasteiger partial charge on any atom is -0.411 e. The molecule has 0 saturated carbocycles. The lowest BCUT2D eigenvalue weighted by atomic mass is 10.3. The molecule has 5 nitrogen and oxygen atoms in total. The van der Waals surface area contributed by atoms with E-state index in [1.165, 1.54) is 0 Å². The summed E-state index contributed by atoms with van der Waals surface area (Å²) in [7, 11) is 0. The standard InChI is InChI=1S/C5H7NO4/c1-2-3(6-8)4-9-5(7)10-4/h4,8H,2H2,1H3/b6-3+. The fourth-order valence-electron chi connectivity index (χ4n) is 0.604. The third-order valence-corrected chi connectivity index (χ3v) is 1.17. The number of cyclic esters (lactones) is 2. The van der Waals surface area contributed by atoms with Crippen molar-refractivity contribution < 1.29 is 19.5 Å². The summed E-state index contributed by atoms with van der Waals surface area (Å²) in [6.45, 7) is 1.77. The lowest BCUT2D eigenvalue weighted by Crippen LogP contribution is -2.41. The van der Waals surface area contributed by atoms with Crippen molar-refractivity contribution in [1.29, 1.82) is 0 Å². The van der Waals surface area contributed by atoms with Crippen LogP contribution in [0, 0.1) is 0 Å². The van der Waals surface area contributed by atoms with Gasteiger partial charge < -0.3 is 14.7 Å². The van der Waals surface area contributed by atoms with Gasteiger partial charge >= 0.3 is 6.16 Å². The molecule has 0 amide bonds. The first-order chi connectivity index (χ1) is 4.77. The van der Waals surface area contributed by atoms with Gasteiger partial charge in [-0.1, -0.05) is 12.1 Å². The maximum Gasteiger partial charge on any atom is 0.515 e. The Morgan fingerprint density at radius 1 is 1.80 bits per heavy atom. The van der Waals surface area contributed by atoms with E-state index < -0.39 is 12.4 Å². The lowest BCUT2D eigenvalue weighted by Gasteiger charge is -2.24. The first-order valence-electron chi connectivity index (χ1n) is 2.86. The second kappa shape index (κ2) is 2.55. The van der Waals surface area contributed by atoms with Crippen molar-refractivity contribution in [3.05, 3.63) is 0 Å². The van der Waals surface area contributed by atoms with Crippen LogP contribution in [0.3, 0.4) is 0 Å². The van der Waals surface area contributed by atoms with Crippen LogP contribution in [0.5, 0.6) is 0 Å². The maximum atomic E-state index is 10.1. The van der Waals surface area contributed by atoms with Crippen LogP contribution >= 0.6 is 0 Å². The molecule has 0 aromatic rings. The first kappa shape index (κ1) is 6.85. The van der Waals surface area contributed by atoms with Crippen LogP contribution in [-0.4, -0.2) is 23.4 Å². The van der Waals surface area contributed by atoms with E-state index in [-0.39, 0.29) is 0 Å². The van der Waals surface area contributed by atoms with Crippen LogP contribution in [-0.2, 0) is 9.47 Å². The second-order valence-electron chi connectivity index (χ2n) is 1.76. The quantitative estimate of drug-likeness (QED) is 0.269. The number of carbonyl (C=O) groups excluding carboxylic acids is 1. The molecule has 1 heterocycles. The zero-order valence-electron chi connectivity index (χ0n) is 5.40. The molecular weight excluding hydrogens is 138 g/mol. The lowest BCUT2D eigenvalue weighted by molar-refractivity contribution is -0.143. The van der Waals surface area contributed by atoms with Crippen molar-refractivity contribution >= 4 is 11.9 Å². The smallest absolute Gasteiger partial charge is 0.411 e. The summed E-state index contributed by atoms with van der Waals surface area (Å²) in [5, 5.41) is 11.1. The van der Waals surface area contributed by atoms with Gasteiger partial charge in [-0.25, -0.2) is 4.79 Å². The molecule has 1 N–H and O–H groups in total. The summed E-state index contributed by atoms with van der Waals surface area (Å²) in [5.41, 5.74) is 0.319. The summed E-state index contributed by atoms with van der Waals surface area (Å²) in [5.74, 6) is 0. The summed E-state index contributed by atoms with van der Waals surface area (Å²) >= 11 is 0. The molecule has 1 aliphatic rings. The predicted octanol–water partition coefficient (Wildman–Crippen LogP) is 0.720. The van der Waals surface area contributed by atoms with Crippen molar-refractivity contribution in [2.45, 2.75) is 19.6 Å². The third kappa shape index (κ3) is 1.02. The highest BCUT2D eigenvalue weighted by molar-refractivity contribution is 5.91. The average molecular weight is 145 g/mol. The number of hydrogen-bond donors (Lipinski definition) is 1. The zero-order chi connectivity index (χ0) is 7.56. The van der Waals surface area contributed by atoms with Crippen LogP contribution in [0.1, 0.15) is 13.3 Å². The number of nitrogens with zero attached hydrogens (tertiary/aromatic N) is 1. The minimum atomic E-state index is -0.762. The molecule has 1 rings (SSSR count). The zero-order valence-corrected chi connectivity index (χ0v) is 5.40. The molecule has 1 saturated heterocycles. The van der Waals surface area contributed by atoms with E-state index in [4.69, 9.17) is 5.21 Å². The number of oxime groups is 1. The largest absolute Gasteiger partial charge is 0.515 e. The summed E-state index contributed by atoms with van der Waals surface area (Å²) < 4.78 is 8.86. The van der Waals surface area contributed by atoms with Gasteiger partial charge in [-0.15, -0.1) is 0 Å². The van der Waals surface area contributed by atoms with Crippen LogP contribution in [0.4, 0.5) is 4.79 Å². The summed E-state index contributed by atoms with van der Waals surface area (Å²) in [6, 6.07) is 0. The van der Waals surface area contributed by atoms with Gasteiger partial charge in [0.05, 0.1) is 0 Å². The molecule has 0 aliphatic carbocycles. The van der Waals surface area contributed by atoms with Crippen LogP contribution < -0.4 is 0 Å². The third-order valence-electron chi connectivity index (χ3n) is 1.17. The fraction of sp³-hybridized carbons (Fsp3) is 0.600. The van der Waals surface area contributed by atoms with Crippen LogP contribution in [0.2, 0.25) is 0 Å². The van der Waals surface area contributed by atoms with Crippen molar-refractivity contribution in [2.24, 2.45) is 5.16 Å². The molecule has 0 radical (unpaired) electrons. The summed E-state index contributed by atoms with van der Waals surface area (Å²) in [4.78, 5) is 10.1. The number of carbonyl (C=O) groups is 1. The second-order valence-corrected chi connectivity index (χ2v) is 1.76. The van der Waals surface area contributed by atoms with E-state index >= 15 is 0 Å². The highest BCUT2D eigenvalue weighted by atomic mass is 16.9. The van der Waals surface area contributed by atoms with E-state index in [2.05, 4.69) is 14.6 Å². The molecule has 1 fully saturated rings. The number of hydrogen-bond acceptors (Lipinski definition) is 5. The van der Waals surface area contributed by atoms with Gasteiger partial charge in [-0.05, 0) is 6.42 Å². The molecule has 0 atom stereocenters. The summed E-state index contributed by atoms with van der Waals surface area (Å²) in [6.07, 6.45) is -0.990. The SMILES string of the molecule is CC/C(=N\O)C1OC(=O)O1. The normalized spacial score (nSPS) is 19.3. The van der Waals surface area contributed by atoms with Gasteiger partial charge in [0, 0.05) is 0 Å². The fourth-order valence-corrected chi connectivity index (χ4v) is 0.604. The Hall–Kier alpha value is -1.26. The Balaban J connectivity index is 2.43. The van der Waals surface area contributed by atoms with E-state index in [0.717, 1.165) is 0 Å². The highest BCUT2D eigenvalue weighted by Gasteiger charge is 2.34. The minimum absolute atomic E-state index is 0.319. The maximum absolute atomic E-state index is 10.1. The molecule has 0 bridgehead atoms.